The molecule has 3 aromatic rings. The normalized spacial score (nSPS) is 11.2. The van der Waals surface area contributed by atoms with Crippen molar-refractivity contribution in [1.82, 2.24) is 9.13 Å². The van der Waals surface area contributed by atoms with Gasteiger partial charge in [-0.3, -0.25) is 9.13 Å². The Morgan fingerprint density at radius 3 is 2.31 bits per heavy atom. The molecule has 1 aromatic heterocycles. The molecule has 0 fully saturated rings. The van der Waals surface area contributed by atoms with Crippen molar-refractivity contribution >= 4 is 5.97 Å². The number of aromatic carboxylic acids is 1. The van der Waals surface area contributed by atoms with E-state index in [9.17, 15) is 14.7 Å². The molecule has 0 aliphatic carbocycles. The van der Waals surface area contributed by atoms with Gasteiger partial charge in [0.15, 0.2) is 0 Å². The molecule has 0 amide bonds. The molecule has 29 heavy (non-hydrogen) atoms. The third-order valence-electron chi connectivity index (χ3n) is 5.31. The minimum absolute atomic E-state index is 0.0289. The van der Waals surface area contributed by atoms with E-state index in [1.807, 2.05) is 66.3 Å². The van der Waals surface area contributed by atoms with Crippen LogP contribution in [-0.4, -0.2) is 20.2 Å². The van der Waals surface area contributed by atoms with Crippen LogP contribution in [0, 0.1) is 6.92 Å². The molecule has 0 bridgehead atoms. The Morgan fingerprint density at radius 1 is 1.07 bits per heavy atom. The van der Waals surface area contributed by atoms with E-state index in [-0.39, 0.29) is 17.3 Å². The van der Waals surface area contributed by atoms with Crippen molar-refractivity contribution in [1.29, 1.82) is 0 Å². The van der Waals surface area contributed by atoms with Crippen LogP contribution < -0.4 is 5.69 Å². The van der Waals surface area contributed by atoms with Gasteiger partial charge in [0.25, 0.3) is 0 Å². The quantitative estimate of drug-likeness (QED) is 0.622. The van der Waals surface area contributed by atoms with Crippen molar-refractivity contribution in [2.75, 3.05) is 0 Å². The maximum Gasteiger partial charge on any atom is 0.336 e. The van der Waals surface area contributed by atoms with Crippen LogP contribution in [0.3, 0.4) is 0 Å². The van der Waals surface area contributed by atoms with Crippen molar-refractivity contribution in [3.05, 3.63) is 81.5 Å². The first kappa shape index (κ1) is 20.6. The molecule has 0 spiro atoms. The number of benzene rings is 2. The summed E-state index contributed by atoms with van der Waals surface area (Å²) < 4.78 is 3.74. The Labute approximate surface area is 171 Å². The van der Waals surface area contributed by atoms with E-state index in [0.717, 1.165) is 35.4 Å². The number of carbonyl (C=O) groups is 1. The van der Waals surface area contributed by atoms with E-state index in [1.54, 1.807) is 12.1 Å². The average molecular weight is 392 g/mol. The third kappa shape index (κ3) is 4.04. The Hall–Kier alpha value is -3.08. The summed E-state index contributed by atoms with van der Waals surface area (Å²) in [7, 11) is 0. The first-order chi connectivity index (χ1) is 13.8. The molecule has 0 saturated carbocycles. The standard InChI is InChI=1S/C24H28N2O3/c1-5-8-22-17(4)26(16(2)3)24(29)25(22)15-18-11-13-19(14-12-18)20-9-6-7-10-21(20)23(27)28/h6-7,9-14,16H,5,8,15H2,1-4H3,(H,27,28). The van der Waals surface area contributed by atoms with E-state index in [1.165, 1.54) is 0 Å². The van der Waals surface area contributed by atoms with Gasteiger partial charge in [0, 0.05) is 17.4 Å². The second-order valence-electron chi connectivity index (χ2n) is 7.66. The number of aromatic nitrogens is 2. The monoisotopic (exact) mass is 392 g/mol. The van der Waals surface area contributed by atoms with Crippen LogP contribution >= 0.6 is 0 Å². The van der Waals surface area contributed by atoms with Crippen LogP contribution in [0.25, 0.3) is 11.1 Å². The van der Waals surface area contributed by atoms with Gasteiger partial charge in [-0.25, -0.2) is 9.59 Å². The number of hydrogen-bond donors (Lipinski definition) is 1. The molecule has 5 heteroatoms. The number of imidazole rings is 1. The molecule has 1 N–H and O–H groups in total. The summed E-state index contributed by atoms with van der Waals surface area (Å²) in [5, 5.41) is 9.42. The Bertz CT molecular complexity index is 1070. The molecule has 0 unspecified atom stereocenters. The summed E-state index contributed by atoms with van der Waals surface area (Å²) >= 11 is 0. The van der Waals surface area contributed by atoms with Crippen molar-refractivity contribution in [2.24, 2.45) is 0 Å². The highest BCUT2D eigenvalue weighted by Crippen LogP contribution is 2.24. The molecule has 5 nitrogen and oxygen atoms in total. The van der Waals surface area contributed by atoms with Crippen molar-refractivity contribution in [3.8, 4) is 11.1 Å². The van der Waals surface area contributed by atoms with Crippen LogP contribution in [0.2, 0.25) is 0 Å². The summed E-state index contributed by atoms with van der Waals surface area (Å²) in [4.78, 5) is 24.5. The number of carboxylic acid groups (broad SMARTS) is 1. The first-order valence-corrected chi connectivity index (χ1v) is 10.1. The SMILES string of the molecule is CCCc1c(C)n(C(C)C)c(=O)n1Cc1ccc(-c2ccccc2C(=O)O)cc1. The predicted molar refractivity (Wildman–Crippen MR) is 116 cm³/mol. The predicted octanol–water partition coefficient (Wildman–Crippen LogP) is 4.91. The van der Waals surface area contributed by atoms with Gasteiger partial charge < -0.3 is 5.11 Å². The molecular weight excluding hydrogens is 364 g/mol. The zero-order valence-electron chi connectivity index (χ0n) is 17.5. The van der Waals surface area contributed by atoms with Crippen molar-refractivity contribution < 1.29 is 9.90 Å². The zero-order valence-corrected chi connectivity index (χ0v) is 17.5. The van der Waals surface area contributed by atoms with Crippen LogP contribution in [0.1, 0.15) is 60.5 Å². The van der Waals surface area contributed by atoms with Crippen LogP contribution in [0.15, 0.2) is 53.3 Å². The highest BCUT2D eigenvalue weighted by Gasteiger charge is 2.18. The number of rotatable bonds is 7. The van der Waals surface area contributed by atoms with Crippen LogP contribution in [0.5, 0.6) is 0 Å². The fourth-order valence-electron chi connectivity index (χ4n) is 3.94. The maximum atomic E-state index is 13.0. The van der Waals surface area contributed by atoms with Gasteiger partial charge in [-0.15, -0.1) is 0 Å². The maximum absolute atomic E-state index is 13.0. The molecule has 0 aliphatic heterocycles. The second-order valence-corrected chi connectivity index (χ2v) is 7.66. The van der Waals surface area contributed by atoms with E-state index in [0.29, 0.717) is 12.1 Å². The average Bonchev–Trinajstić information content (AvgIpc) is 2.93. The lowest BCUT2D eigenvalue weighted by Crippen LogP contribution is -2.27. The lowest BCUT2D eigenvalue weighted by molar-refractivity contribution is 0.0697. The van der Waals surface area contributed by atoms with Gasteiger partial charge >= 0.3 is 11.7 Å². The highest BCUT2D eigenvalue weighted by molar-refractivity contribution is 5.95. The summed E-state index contributed by atoms with van der Waals surface area (Å²) in [6, 6.07) is 14.9. The molecule has 0 atom stereocenters. The molecule has 1 heterocycles. The number of carboxylic acids is 1. The van der Waals surface area contributed by atoms with Crippen LogP contribution in [0.4, 0.5) is 0 Å². The fourth-order valence-corrected chi connectivity index (χ4v) is 3.94. The van der Waals surface area contributed by atoms with Gasteiger partial charge in [0.1, 0.15) is 0 Å². The molecule has 3 rings (SSSR count). The minimum atomic E-state index is -0.939. The molecule has 152 valence electrons. The summed E-state index contributed by atoms with van der Waals surface area (Å²) in [5.41, 5.74) is 5.00. The third-order valence-corrected chi connectivity index (χ3v) is 5.31. The summed E-state index contributed by atoms with van der Waals surface area (Å²) in [6.07, 6.45) is 1.85. The fraction of sp³-hybridized carbons (Fsp3) is 0.333. The van der Waals surface area contributed by atoms with Crippen LogP contribution in [-0.2, 0) is 13.0 Å². The highest BCUT2D eigenvalue weighted by atomic mass is 16.4. The Morgan fingerprint density at radius 2 is 1.72 bits per heavy atom. The second kappa shape index (κ2) is 8.52. The molecular formula is C24H28N2O3. The van der Waals surface area contributed by atoms with Gasteiger partial charge in [-0.1, -0.05) is 55.8 Å². The largest absolute Gasteiger partial charge is 0.478 e. The number of hydrogen-bond acceptors (Lipinski definition) is 2. The van der Waals surface area contributed by atoms with E-state index < -0.39 is 5.97 Å². The zero-order chi connectivity index (χ0) is 21.1. The van der Waals surface area contributed by atoms with Crippen molar-refractivity contribution in [2.45, 2.75) is 53.1 Å². The lowest BCUT2D eigenvalue weighted by atomic mass is 9.99. The summed E-state index contributed by atoms with van der Waals surface area (Å²) in [6.45, 7) is 8.71. The topological polar surface area (TPSA) is 64.2 Å². The molecule has 0 radical (unpaired) electrons. The van der Waals surface area contributed by atoms with Gasteiger partial charge in [-0.2, -0.15) is 0 Å². The molecule has 0 aliphatic rings. The van der Waals surface area contributed by atoms with E-state index in [2.05, 4.69) is 6.92 Å². The summed E-state index contributed by atoms with van der Waals surface area (Å²) in [5.74, 6) is -0.939. The van der Waals surface area contributed by atoms with Gasteiger partial charge in [0.2, 0.25) is 0 Å². The Balaban J connectivity index is 1.96. The first-order valence-electron chi connectivity index (χ1n) is 10.1. The van der Waals surface area contributed by atoms with Gasteiger partial charge in [-0.05, 0) is 49.9 Å². The van der Waals surface area contributed by atoms with Crippen molar-refractivity contribution in [3.63, 3.8) is 0 Å². The smallest absolute Gasteiger partial charge is 0.336 e. The van der Waals surface area contributed by atoms with E-state index >= 15 is 0 Å². The Kier molecular flexibility index (Phi) is 6.06. The molecule has 0 saturated heterocycles. The van der Waals surface area contributed by atoms with E-state index in [4.69, 9.17) is 0 Å². The number of nitrogens with zero attached hydrogens (tertiary/aromatic N) is 2. The lowest BCUT2D eigenvalue weighted by Gasteiger charge is -2.10. The minimum Gasteiger partial charge on any atom is -0.478 e. The molecule has 2 aromatic carbocycles. The van der Waals surface area contributed by atoms with Gasteiger partial charge in [0.05, 0.1) is 12.1 Å².